The molecule has 21 heavy (non-hydrogen) atoms. The van der Waals surface area contributed by atoms with Crippen molar-refractivity contribution in [2.45, 2.75) is 42.5 Å². The van der Waals surface area contributed by atoms with Crippen LogP contribution in [-0.2, 0) is 0 Å². The minimum atomic E-state index is -0.297. The first kappa shape index (κ1) is 14.1. The summed E-state index contributed by atoms with van der Waals surface area (Å²) in [6.07, 6.45) is 6.08. The Morgan fingerprint density at radius 3 is 2.52 bits per heavy atom. The number of rotatable bonds is 3. The molecule has 0 spiro atoms. The highest BCUT2D eigenvalue weighted by atomic mass is 32.2. The van der Waals surface area contributed by atoms with Crippen LogP contribution < -0.4 is 11.4 Å². The van der Waals surface area contributed by atoms with Crippen LogP contribution in [0.15, 0.2) is 40.3 Å². The van der Waals surface area contributed by atoms with Crippen LogP contribution in [0.25, 0.3) is 11.3 Å². The third-order valence-electron chi connectivity index (χ3n) is 3.73. The highest BCUT2D eigenvalue weighted by Gasteiger charge is 2.19. The van der Waals surface area contributed by atoms with Crippen molar-refractivity contribution in [3.05, 3.63) is 40.7 Å². The zero-order chi connectivity index (χ0) is 14.7. The normalized spacial score (nSPS) is 16.0. The summed E-state index contributed by atoms with van der Waals surface area (Å²) in [7, 11) is 0. The topological polar surface area (TPSA) is 73.8 Å². The van der Waals surface area contributed by atoms with Crippen molar-refractivity contribution in [2.24, 2.45) is 0 Å². The van der Waals surface area contributed by atoms with Crippen molar-refractivity contribution in [3.8, 4) is 11.3 Å². The first-order valence-corrected chi connectivity index (χ1v) is 8.10. The first-order valence-electron chi connectivity index (χ1n) is 7.22. The van der Waals surface area contributed by atoms with Gasteiger partial charge in [0, 0.05) is 10.8 Å². The van der Waals surface area contributed by atoms with Crippen molar-refractivity contribution in [2.75, 3.05) is 5.84 Å². The van der Waals surface area contributed by atoms with E-state index in [0.29, 0.717) is 16.1 Å². The molecule has 1 aliphatic rings. The van der Waals surface area contributed by atoms with Gasteiger partial charge in [-0.15, -0.1) is 10.2 Å². The van der Waals surface area contributed by atoms with E-state index in [0.717, 1.165) is 23.1 Å². The van der Waals surface area contributed by atoms with Gasteiger partial charge < -0.3 is 5.84 Å². The van der Waals surface area contributed by atoms with Crippen LogP contribution in [0.5, 0.6) is 0 Å². The molecule has 1 aliphatic carbocycles. The summed E-state index contributed by atoms with van der Waals surface area (Å²) in [6, 6.07) is 9.29. The number of hydrogen-bond donors (Lipinski definition) is 1. The fourth-order valence-corrected chi connectivity index (χ4v) is 3.73. The molecule has 0 amide bonds. The molecule has 0 atom stereocenters. The summed E-state index contributed by atoms with van der Waals surface area (Å²) in [5.41, 5.74) is 0.740. The fraction of sp³-hybridized carbons (Fsp3) is 0.400. The van der Waals surface area contributed by atoms with E-state index in [1.165, 1.54) is 19.3 Å². The molecule has 1 saturated carbocycles. The van der Waals surface area contributed by atoms with Crippen LogP contribution in [0.4, 0.5) is 0 Å². The fourth-order valence-electron chi connectivity index (χ4n) is 2.57. The lowest BCUT2D eigenvalue weighted by molar-refractivity contribution is 0.514. The predicted molar refractivity (Wildman–Crippen MR) is 84.6 cm³/mol. The molecule has 1 heterocycles. The van der Waals surface area contributed by atoms with E-state index < -0.39 is 0 Å². The van der Waals surface area contributed by atoms with Crippen LogP contribution >= 0.6 is 11.8 Å². The lowest BCUT2D eigenvalue weighted by atomic mass is 10.0. The summed E-state index contributed by atoms with van der Waals surface area (Å²) in [6.45, 7) is 0. The molecule has 0 aliphatic heterocycles. The number of nitrogens with zero attached hydrogens (tertiary/aromatic N) is 3. The van der Waals surface area contributed by atoms with Gasteiger partial charge in [0.25, 0.3) is 5.56 Å². The van der Waals surface area contributed by atoms with Gasteiger partial charge in [-0.2, -0.15) is 4.68 Å². The number of hydrogen-bond acceptors (Lipinski definition) is 5. The molecule has 6 heteroatoms. The van der Waals surface area contributed by atoms with Crippen molar-refractivity contribution >= 4 is 11.8 Å². The van der Waals surface area contributed by atoms with Crippen LogP contribution in [0.1, 0.15) is 32.1 Å². The number of nitrogens with two attached hydrogens (primary N) is 1. The Bertz CT molecular complexity index is 665. The Kier molecular flexibility index (Phi) is 4.24. The van der Waals surface area contributed by atoms with Gasteiger partial charge >= 0.3 is 0 Å². The van der Waals surface area contributed by atoms with Gasteiger partial charge in [0.2, 0.25) is 5.16 Å². The van der Waals surface area contributed by atoms with E-state index >= 15 is 0 Å². The Morgan fingerprint density at radius 2 is 1.81 bits per heavy atom. The quantitative estimate of drug-likeness (QED) is 0.882. The van der Waals surface area contributed by atoms with Gasteiger partial charge in [0.1, 0.15) is 0 Å². The molecular formula is C15H18N4OS. The lowest BCUT2D eigenvalue weighted by Gasteiger charge is -2.20. The number of thioether (sulfide) groups is 1. The largest absolute Gasteiger partial charge is 0.334 e. The first-order chi connectivity index (χ1) is 10.3. The van der Waals surface area contributed by atoms with Crippen molar-refractivity contribution in [1.82, 2.24) is 14.9 Å². The summed E-state index contributed by atoms with van der Waals surface area (Å²) >= 11 is 1.57. The minimum absolute atomic E-state index is 0.297. The van der Waals surface area contributed by atoms with Crippen molar-refractivity contribution in [1.29, 1.82) is 0 Å². The highest BCUT2D eigenvalue weighted by molar-refractivity contribution is 7.99. The second-order valence-corrected chi connectivity index (χ2v) is 6.52. The monoisotopic (exact) mass is 302 g/mol. The SMILES string of the molecule is Nn1c(SC2CCCCC2)nnc(-c2ccccc2)c1=O. The van der Waals surface area contributed by atoms with Gasteiger partial charge in [-0.25, -0.2) is 0 Å². The van der Waals surface area contributed by atoms with Crippen LogP contribution in [0, 0.1) is 0 Å². The Balaban J connectivity index is 1.88. The molecule has 1 aromatic carbocycles. The van der Waals surface area contributed by atoms with E-state index in [2.05, 4.69) is 10.2 Å². The molecule has 1 aromatic heterocycles. The summed E-state index contributed by atoms with van der Waals surface area (Å²) < 4.78 is 1.13. The number of aromatic nitrogens is 3. The lowest BCUT2D eigenvalue weighted by Crippen LogP contribution is -2.32. The number of nitrogen functional groups attached to an aromatic ring is 1. The van der Waals surface area contributed by atoms with E-state index in [9.17, 15) is 4.79 Å². The van der Waals surface area contributed by atoms with E-state index in [-0.39, 0.29) is 5.56 Å². The van der Waals surface area contributed by atoms with Gasteiger partial charge in [-0.3, -0.25) is 4.79 Å². The average molecular weight is 302 g/mol. The molecule has 1 fully saturated rings. The van der Waals surface area contributed by atoms with Crippen molar-refractivity contribution in [3.63, 3.8) is 0 Å². The summed E-state index contributed by atoms with van der Waals surface area (Å²) in [5.74, 6) is 5.92. The molecule has 5 nitrogen and oxygen atoms in total. The van der Waals surface area contributed by atoms with Crippen LogP contribution in [0.2, 0.25) is 0 Å². The molecule has 2 aromatic rings. The summed E-state index contributed by atoms with van der Waals surface area (Å²) in [5, 5.41) is 9.25. The maximum atomic E-state index is 12.4. The molecule has 3 rings (SSSR count). The molecular weight excluding hydrogens is 284 g/mol. The number of benzene rings is 1. The smallest absolute Gasteiger partial charge is 0.299 e. The maximum absolute atomic E-state index is 12.4. The predicted octanol–water partition coefficient (Wildman–Crippen LogP) is 2.44. The van der Waals surface area contributed by atoms with Gasteiger partial charge in [0.15, 0.2) is 5.69 Å². The zero-order valence-corrected chi connectivity index (χ0v) is 12.6. The van der Waals surface area contributed by atoms with Gasteiger partial charge in [0.05, 0.1) is 0 Å². The van der Waals surface area contributed by atoms with Crippen LogP contribution in [-0.4, -0.2) is 20.1 Å². The third-order valence-corrected chi connectivity index (χ3v) is 5.03. The van der Waals surface area contributed by atoms with Crippen LogP contribution in [0.3, 0.4) is 0 Å². The summed E-state index contributed by atoms with van der Waals surface area (Å²) in [4.78, 5) is 12.4. The van der Waals surface area contributed by atoms with Crippen molar-refractivity contribution < 1.29 is 0 Å². The molecule has 2 N–H and O–H groups in total. The Hall–Kier alpha value is -1.82. The Morgan fingerprint density at radius 1 is 1.10 bits per heavy atom. The third kappa shape index (κ3) is 3.10. The zero-order valence-electron chi connectivity index (χ0n) is 11.7. The van der Waals surface area contributed by atoms with E-state index in [1.807, 2.05) is 30.3 Å². The molecule has 0 bridgehead atoms. The highest BCUT2D eigenvalue weighted by Crippen LogP contribution is 2.31. The standard InChI is InChI=1S/C15H18N4OS/c16-19-14(20)13(11-7-3-1-4-8-11)17-18-15(19)21-12-9-5-2-6-10-12/h1,3-4,7-8,12H,2,5-6,9-10,16H2. The second-order valence-electron chi connectivity index (χ2n) is 5.25. The maximum Gasteiger partial charge on any atom is 0.299 e. The molecule has 0 radical (unpaired) electrons. The minimum Gasteiger partial charge on any atom is -0.334 e. The molecule has 0 unspecified atom stereocenters. The van der Waals surface area contributed by atoms with E-state index in [4.69, 9.17) is 5.84 Å². The van der Waals surface area contributed by atoms with Gasteiger partial charge in [-0.05, 0) is 12.8 Å². The average Bonchev–Trinajstić information content (AvgIpc) is 2.54. The molecule has 0 saturated heterocycles. The molecule has 110 valence electrons. The Labute approximate surface area is 127 Å². The van der Waals surface area contributed by atoms with E-state index in [1.54, 1.807) is 11.8 Å². The second kappa shape index (κ2) is 6.30. The van der Waals surface area contributed by atoms with Gasteiger partial charge in [-0.1, -0.05) is 61.4 Å².